The molecule has 0 aliphatic carbocycles. The number of likely N-dealkylation sites (tertiary alicyclic amines) is 1. The van der Waals surface area contributed by atoms with E-state index in [0.29, 0.717) is 32.0 Å². The van der Waals surface area contributed by atoms with E-state index in [0.717, 1.165) is 50.3 Å². The summed E-state index contributed by atoms with van der Waals surface area (Å²) in [5.41, 5.74) is 1.35. The summed E-state index contributed by atoms with van der Waals surface area (Å²) in [4.78, 5) is 26.0. The van der Waals surface area contributed by atoms with Crippen LogP contribution in [0.3, 0.4) is 0 Å². The van der Waals surface area contributed by atoms with E-state index >= 15 is 0 Å². The van der Waals surface area contributed by atoms with Crippen molar-refractivity contribution in [1.82, 2.24) is 10.2 Å². The second-order valence-electron chi connectivity index (χ2n) is 8.00. The molecular weight excluding hydrogens is 400 g/mol. The van der Waals surface area contributed by atoms with Gasteiger partial charge < -0.3 is 15.5 Å². The zero-order valence-corrected chi connectivity index (χ0v) is 17.6. The van der Waals surface area contributed by atoms with Crippen molar-refractivity contribution in [3.63, 3.8) is 0 Å². The normalized spacial score (nSPS) is 14.3. The summed E-state index contributed by atoms with van der Waals surface area (Å²) in [5, 5.41) is 5.54. The Kier molecular flexibility index (Phi) is 8.38. The van der Waals surface area contributed by atoms with Crippen LogP contribution in [0, 0.1) is 17.6 Å². The molecule has 0 unspecified atom stereocenters. The van der Waals surface area contributed by atoms with Crippen LogP contribution in [0.15, 0.2) is 48.5 Å². The number of carbonyl (C=O) groups is 2. The van der Waals surface area contributed by atoms with Gasteiger partial charge in [0.2, 0.25) is 5.91 Å². The third-order valence-electron chi connectivity index (χ3n) is 5.60. The van der Waals surface area contributed by atoms with E-state index in [2.05, 4.69) is 22.8 Å². The molecule has 1 aliphatic heterocycles. The molecule has 3 rings (SSSR count). The minimum atomic E-state index is -0.726. The highest BCUT2D eigenvalue weighted by molar-refractivity contribution is 5.89. The number of benzene rings is 2. The summed E-state index contributed by atoms with van der Waals surface area (Å²) in [6.07, 6.45) is 4.82. The lowest BCUT2D eigenvalue weighted by molar-refractivity contribution is -0.121. The molecule has 0 saturated carbocycles. The number of aryl methyl sites for hydroxylation is 1. The minimum Gasteiger partial charge on any atom is -0.356 e. The van der Waals surface area contributed by atoms with E-state index in [1.807, 2.05) is 18.2 Å². The van der Waals surface area contributed by atoms with Crippen molar-refractivity contribution >= 4 is 17.6 Å². The van der Waals surface area contributed by atoms with Crippen molar-refractivity contribution in [1.29, 1.82) is 0 Å². The summed E-state index contributed by atoms with van der Waals surface area (Å²) in [6, 6.07) is 12.7. The van der Waals surface area contributed by atoms with Crippen LogP contribution in [0.1, 0.15) is 37.7 Å². The van der Waals surface area contributed by atoms with Crippen molar-refractivity contribution in [2.75, 3.05) is 25.0 Å². The van der Waals surface area contributed by atoms with E-state index in [1.54, 1.807) is 4.90 Å². The standard InChI is InChI=1S/C24H29F2N3O2/c25-20-15-21(26)17-22(16-20)28-24(31)29-13-10-19(11-14-29)9-12-27-23(30)8-4-7-18-5-2-1-3-6-18/h1-3,5-6,15-17,19H,4,7-14H2,(H,27,30)(H,28,31). The lowest BCUT2D eigenvalue weighted by Crippen LogP contribution is -2.41. The first-order valence-corrected chi connectivity index (χ1v) is 10.8. The zero-order valence-electron chi connectivity index (χ0n) is 17.6. The Hall–Kier alpha value is -2.96. The Morgan fingerprint density at radius 3 is 2.35 bits per heavy atom. The molecule has 0 bridgehead atoms. The van der Waals surface area contributed by atoms with Crippen molar-refractivity contribution in [3.8, 4) is 0 Å². The van der Waals surface area contributed by atoms with Crippen LogP contribution in [-0.4, -0.2) is 36.5 Å². The first-order chi connectivity index (χ1) is 15.0. The second-order valence-corrected chi connectivity index (χ2v) is 8.00. The average molecular weight is 430 g/mol. The lowest BCUT2D eigenvalue weighted by Gasteiger charge is -2.32. The van der Waals surface area contributed by atoms with Crippen molar-refractivity contribution in [2.45, 2.75) is 38.5 Å². The number of hydrogen-bond donors (Lipinski definition) is 2. The van der Waals surface area contributed by atoms with Gasteiger partial charge in [0.15, 0.2) is 0 Å². The van der Waals surface area contributed by atoms with Crippen LogP contribution in [-0.2, 0) is 11.2 Å². The van der Waals surface area contributed by atoms with Gasteiger partial charge in [-0.2, -0.15) is 0 Å². The number of carbonyl (C=O) groups excluding carboxylic acids is 2. The number of piperidine rings is 1. The average Bonchev–Trinajstić information content (AvgIpc) is 2.74. The maximum Gasteiger partial charge on any atom is 0.321 e. The molecule has 2 aromatic rings. The maximum absolute atomic E-state index is 13.3. The van der Waals surface area contributed by atoms with E-state index in [9.17, 15) is 18.4 Å². The van der Waals surface area contributed by atoms with E-state index < -0.39 is 11.6 Å². The fourth-order valence-electron chi connectivity index (χ4n) is 3.86. The predicted molar refractivity (Wildman–Crippen MR) is 117 cm³/mol. The molecular formula is C24H29F2N3O2. The van der Waals surface area contributed by atoms with Gasteiger partial charge in [-0.15, -0.1) is 0 Å². The summed E-state index contributed by atoms with van der Waals surface area (Å²) < 4.78 is 26.5. The van der Waals surface area contributed by atoms with Crippen molar-refractivity contribution < 1.29 is 18.4 Å². The number of urea groups is 1. The SMILES string of the molecule is O=C(CCCc1ccccc1)NCCC1CCN(C(=O)Nc2cc(F)cc(F)c2)CC1. The molecule has 166 valence electrons. The summed E-state index contributed by atoms with van der Waals surface area (Å²) in [6.45, 7) is 1.81. The van der Waals surface area contributed by atoms with Crippen LogP contribution >= 0.6 is 0 Å². The Morgan fingerprint density at radius 2 is 1.68 bits per heavy atom. The fraction of sp³-hybridized carbons (Fsp3) is 0.417. The molecule has 2 N–H and O–H groups in total. The third-order valence-corrected chi connectivity index (χ3v) is 5.60. The highest BCUT2D eigenvalue weighted by atomic mass is 19.1. The highest BCUT2D eigenvalue weighted by Gasteiger charge is 2.23. The monoisotopic (exact) mass is 429 g/mol. The van der Waals surface area contributed by atoms with Crippen LogP contribution < -0.4 is 10.6 Å². The molecule has 1 saturated heterocycles. The molecule has 1 heterocycles. The number of halogens is 2. The Balaban J connectivity index is 1.29. The Morgan fingerprint density at radius 1 is 1.00 bits per heavy atom. The topological polar surface area (TPSA) is 61.4 Å². The van der Waals surface area contributed by atoms with Gasteiger partial charge in [-0.25, -0.2) is 13.6 Å². The van der Waals surface area contributed by atoms with Gasteiger partial charge in [0, 0.05) is 37.8 Å². The van der Waals surface area contributed by atoms with Crippen molar-refractivity contribution in [3.05, 3.63) is 65.7 Å². The molecule has 3 amide bonds. The first-order valence-electron chi connectivity index (χ1n) is 10.8. The molecule has 2 aromatic carbocycles. The molecule has 0 atom stereocenters. The Labute approximate surface area is 181 Å². The van der Waals surface area contributed by atoms with Gasteiger partial charge in [-0.3, -0.25) is 4.79 Å². The number of rotatable bonds is 8. The number of hydrogen-bond acceptors (Lipinski definition) is 2. The lowest BCUT2D eigenvalue weighted by atomic mass is 9.93. The van der Waals surface area contributed by atoms with Gasteiger partial charge in [0.25, 0.3) is 0 Å². The van der Waals surface area contributed by atoms with Crippen molar-refractivity contribution in [2.24, 2.45) is 5.92 Å². The maximum atomic E-state index is 13.3. The predicted octanol–water partition coefficient (Wildman–Crippen LogP) is 4.74. The summed E-state index contributed by atoms with van der Waals surface area (Å²) >= 11 is 0. The smallest absolute Gasteiger partial charge is 0.321 e. The van der Waals surface area contributed by atoms with Gasteiger partial charge in [-0.1, -0.05) is 30.3 Å². The van der Waals surface area contributed by atoms with Crippen LogP contribution in [0.5, 0.6) is 0 Å². The number of anilines is 1. The van der Waals surface area contributed by atoms with Crippen LogP contribution in [0.2, 0.25) is 0 Å². The van der Waals surface area contributed by atoms with Crippen LogP contribution in [0.25, 0.3) is 0 Å². The largest absolute Gasteiger partial charge is 0.356 e. The summed E-state index contributed by atoms with van der Waals surface area (Å²) in [5.74, 6) is -0.928. The second kappa shape index (κ2) is 11.4. The molecule has 0 radical (unpaired) electrons. The summed E-state index contributed by atoms with van der Waals surface area (Å²) in [7, 11) is 0. The number of nitrogens with zero attached hydrogens (tertiary/aromatic N) is 1. The molecule has 5 nitrogen and oxygen atoms in total. The van der Waals surface area contributed by atoms with E-state index in [-0.39, 0.29) is 17.6 Å². The van der Waals surface area contributed by atoms with Gasteiger partial charge in [-0.05, 0) is 55.7 Å². The zero-order chi connectivity index (χ0) is 22.1. The van der Waals surface area contributed by atoms with Crippen LogP contribution in [0.4, 0.5) is 19.3 Å². The van der Waals surface area contributed by atoms with Gasteiger partial charge >= 0.3 is 6.03 Å². The molecule has 0 aromatic heterocycles. The van der Waals surface area contributed by atoms with Gasteiger partial charge in [0.05, 0.1) is 0 Å². The first kappa shape index (κ1) is 22.7. The molecule has 1 fully saturated rings. The van der Waals surface area contributed by atoms with E-state index in [1.165, 1.54) is 5.56 Å². The highest BCUT2D eigenvalue weighted by Crippen LogP contribution is 2.21. The third kappa shape index (κ3) is 7.66. The van der Waals surface area contributed by atoms with Gasteiger partial charge in [0.1, 0.15) is 11.6 Å². The molecule has 31 heavy (non-hydrogen) atoms. The quantitative estimate of drug-likeness (QED) is 0.637. The number of amides is 3. The minimum absolute atomic E-state index is 0.0788. The fourth-order valence-corrected chi connectivity index (χ4v) is 3.86. The number of nitrogens with one attached hydrogen (secondary N) is 2. The Bertz CT molecular complexity index is 848. The molecule has 1 aliphatic rings. The molecule has 7 heteroatoms. The van der Waals surface area contributed by atoms with E-state index in [4.69, 9.17) is 0 Å². The molecule has 0 spiro atoms.